The molecule has 0 amide bonds. The summed E-state index contributed by atoms with van der Waals surface area (Å²) in [6, 6.07) is 22.2. The summed E-state index contributed by atoms with van der Waals surface area (Å²) in [6.45, 7) is 0. The monoisotopic (exact) mass is 299 g/mol. The first-order valence-electron chi connectivity index (χ1n) is 7.19. The van der Waals surface area contributed by atoms with Crippen LogP contribution in [0.3, 0.4) is 0 Å². The lowest BCUT2D eigenvalue weighted by atomic mass is 9.73. The van der Waals surface area contributed by atoms with E-state index >= 15 is 0 Å². The van der Waals surface area contributed by atoms with Crippen molar-refractivity contribution >= 4 is 12.4 Å². The van der Waals surface area contributed by atoms with Gasteiger partial charge in [0.2, 0.25) is 0 Å². The number of hydrogen-bond acceptors (Lipinski definition) is 1. The number of allylic oxidation sites excluding steroid dienone is 1. The highest BCUT2D eigenvalue weighted by molar-refractivity contribution is 5.85. The highest BCUT2D eigenvalue weighted by Crippen LogP contribution is 2.42. The summed E-state index contributed by atoms with van der Waals surface area (Å²) in [7, 11) is 4.31. The molecule has 1 unspecified atom stereocenters. The molecule has 0 aromatic heterocycles. The Bertz CT molecular complexity index is 550. The van der Waals surface area contributed by atoms with Crippen LogP contribution >= 0.6 is 12.4 Å². The van der Waals surface area contributed by atoms with E-state index in [4.69, 9.17) is 0 Å². The van der Waals surface area contributed by atoms with E-state index in [1.165, 1.54) is 11.1 Å². The van der Waals surface area contributed by atoms with Crippen molar-refractivity contribution in [2.45, 2.75) is 17.9 Å². The quantitative estimate of drug-likeness (QED) is 0.765. The summed E-state index contributed by atoms with van der Waals surface area (Å²) in [5.74, 6) is 0. The summed E-state index contributed by atoms with van der Waals surface area (Å²) in [6.07, 6.45) is 5.84. The molecule has 1 aliphatic carbocycles. The first kappa shape index (κ1) is 15.8. The Balaban J connectivity index is 0.00000161. The van der Waals surface area contributed by atoms with Gasteiger partial charge in [-0.2, -0.15) is 0 Å². The predicted octanol–water partition coefficient (Wildman–Crippen LogP) is 4.28. The SMILES string of the molecule is CN(C)C1C=CC(c2ccccc2)(c2ccccc2)C1.Cl. The second kappa shape index (κ2) is 6.46. The zero-order chi connectivity index (χ0) is 14.0. The van der Waals surface area contributed by atoms with Crippen LogP contribution in [-0.2, 0) is 5.41 Å². The molecule has 0 spiro atoms. The van der Waals surface area contributed by atoms with Gasteiger partial charge in [-0.05, 0) is 31.6 Å². The summed E-state index contributed by atoms with van der Waals surface area (Å²) >= 11 is 0. The molecule has 1 nitrogen and oxygen atoms in total. The van der Waals surface area contributed by atoms with E-state index in [1.807, 2.05) is 0 Å². The van der Waals surface area contributed by atoms with Crippen LogP contribution < -0.4 is 0 Å². The van der Waals surface area contributed by atoms with Crippen molar-refractivity contribution in [1.29, 1.82) is 0 Å². The van der Waals surface area contributed by atoms with Gasteiger partial charge in [-0.1, -0.05) is 72.8 Å². The summed E-state index contributed by atoms with van der Waals surface area (Å²) < 4.78 is 0. The van der Waals surface area contributed by atoms with Crippen LogP contribution in [0.5, 0.6) is 0 Å². The first-order valence-corrected chi connectivity index (χ1v) is 7.19. The van der Waals surface area contributed by atoms with Gasteiger partial charge in [-0.3, -0.25) is 0 Å². The van der Waals surface area contributed by atoms with E-state index in [1.54, 1.807) is 0 Å². The average Bonchev–Trinajstić information content (AvgIpc) is 2.96. The van der Waals surface area contributed by atoms with Crippen LogP contribution in [0.2, 0.25) is 0 Å². The van der Waals surface area contributed by atoms with Gasteiger partial charge in [0.05, 0.1) is 0 Å². The fourth-order valence-corrected chi connectivity index (χ4v) is 3.16. The maximum absolute atomic E-state index is 2.39. The second-order valence-corrected chi connectivity index (χ2v) is 5.80. The zero-order valence-corrected chi connectivity index (χ0v) is 13.4. The van der Waals surface area contributed by atoms with Gasteiger partial charge >= 0.3 is 0 Å². The Labute approximate surface area is 133 Å². The summed E-state index contributed by atoms with van der Waals surface area (Å²) in [4.78, 5) is 2.30. The average molecular weight is 300 g/mol. The van der Waals surface area contributed by atoms with E-state index in [0.717, 1.165) is 6.42 Å². The molecule has 0 fully saturated rings. The number of rotatable bonds is 3. The van der Waals surface area contributed by atoms with Gasteiger partial charge in [0.15, 0.2) is 0 Å². The van der Waals surface area contributed by atoms with Crippen molar-refractivity contribution < 1.29 is 0 Å². The fraction of sp³-hybridized carbons (Fsp3) is 0.263. The third kappa shape index (κ3) is 2.90. The van der Waals surface area contributed by atoms with Crippen LogP contribution in [0.1, 0.15) is 17.5 Å². The Morgan fingerprint density at radius 2 is 1.33 bits per heavy atom. The van der Waals surface area contributed by atoms with Crippen molar-refractivity contribution in [2.24, 2.45) is 0 Å². The lowest BCUT2D eigenvalue weighted by molar-refractivity contribution is 0.318. The number of likely N-dealkylation sites (N-methyl/N-ethyl adjacent to an activating group) is 1. The molecule has 0 N–H and O–H groups in total. The second-order valence-electron chi connectivity index (χ2n) is 5.80. The Kier molecular flexibility index (Phi) is 4.87. The molecular formula is C19H22ClN. The van der Waals surface area contributed by atoms with Crippen LogP contribution in [0.25, 0.3) is 0 Å². The lowest BCUT2D eigenvalue weighted by Gasteiger charge is -2.31. The molecule has 2 heteroatoms. The maximum atomic E-state index is 2.39. The topological polar surface area (TPSA) is 3.24 Å². The van der Waals surface area contributed by atoms with Crippen molar-refractivity contribution in [3.05, 3.63) is 83.9 Å². The molecule has 1 atom stereocenters. The molecule has 110 valence electrons. The molecule has 1 aliphatic rings. The smallest absolute Gasteiger partial charge is 0.0400 e. The van der Waals surface area contributed by atoms with Crippen LogP contribution in [0.4, 0.5) is 0 Å². The molecule has 3 rings (SSSR count). The Hall–Kier alpha value is -1.57. The molecule has 2 aromatic rings. The number of hydrogen-bond donors (Lipinski definition) is 0. The minimum atomic E-state index is 0. The third-order valence-electron chi connectivity index (χ3n) is 4.38. The number of halogens is 1. The minimum absolute atomic E-state index is 0. The molecule has 21 heavy (non-hydrogen) atoms. The van der Waals surface area contributed by atoms with Crippen molar-refractivity contribution in [3.8, 4) is 0 Å². The van der Waals surface area contributed by atoms with Gasteiger partial charge in [0.1, 0.15) is 0 Å². The number of nitrogens with zero attached hydrogens (tertiary/aromatic N) is 1. The van der Waals surface area contributed by atoms with Crippen molar-refractivity contribution in [1.82, 2.24) is 4.90 Å². The maximum Gasteiger partial charge on any atom is 0.0400 e. The largest absolute Gasteiger partial charge is 0.303 e. The van der Waals surface area contributed by atoms with E-state index in [9.17, 15) is 0 Å². The standard InChI is InChI=1S/C19H21N.ClH/c1-20(2)18-13-14-19(15-18,16-9-5-3-6-10-16)17-11-7-4-8-12-17;/h3-14,18H,15H2,1-2H3;1H. The van der Waals surface area contributed by atoms with Gasteiger partial charge in [-0.15, -0.1) is 12.4 Å². The molecule has 0 heterocycles. The van der Waals surface area contributed by atoms with Gasteiger partial charge in [-0.25, -0.2) is 0 Å². The molecule has 0 bridgehead atoms. The van der Waals surface area contributed by atoms with Gasteiger partial charge < -0.3 is 4.90 Å². The Morgan fingerprint density at radius 3 is 1.71 bits per heavy atom. The third-order valence-corrected chi connectivity index (χ3v) is 4.38. The summed E-state index contributed by atoms with van der Waals surface area (Å²) in [5, 5.41) is 0. The minimum Gasteiger partial charge on any atom is -0.303 e. The summed E-state index contributed by atoms with van der Waals surface area (Å²) in [5.41, 5.74) is 2.77. The Morgan fingerprint density at radius 1 is 0.857 bits per heavy atom. The molecule has 0 aliphatic heterocycles. The van der Waals surface area contributed by atoms with E-state index < -0.39 is 0 Å². The normalized spacial score (nSPS) is 19.5. The number of benzene rings is 2. The van der Waals surface area contributed by atoms with Crippen molar-refractivity contribution in [2.75, 3.05) is 14.1 Å². The van der Waals surface area contributed by atoms with Gasteiger partial charge in [0, 0.05) is 11.5 Å². The molecular weight excluding hydrogens is 278 g/mol. The van der Waals surface area contributed by atoms with E-state index in [-0.39, 0.29) is 17.8 Å². The van der Waals surface area contributed by atoms with Crippen molar-refractivity contribution in [3.63, 3.8) is 0 Å². The first-order chi connectivity index (χ1) is 9.72. The zero-order valence-electron chi connectivity index (χ0n) is 12.6. The fourth-order valence-electron chi connectivity index (χ4n) is 3.16. The lowest BCUT2D eigenvalue weighted by Crippen LogP contribution is -2.31. The molecule has 0 radical (unpaired) electrons. The molecule has 0 saturated carbocycles. The highest BCUT2D eigenvalue weighted by atomic mass is 35.5. The molecule has 0 saturated heterocycles. The predicted molar refractivity (Wildman–Crippen MR) is 92.1 cm³/mol. The highest BCUT2D eigenvalue weighted by Gasteiger charge is 2.38. The van der Waals surface area contributed by atoms with E-state index in [0.29, 0.717) is 6.04 Å². The molecule has 2 aromatic carbocycles. The van der Waals surface area contributed by atoms with Crippen LogP contribution in [-0.4, -0.2) is 25.0 Å². The van der Waals surface area contributed by atoms with E-state index in [2.05, 4.69) is 91.8 Å². The van der Waals surface area contributed by atoms with Crippen LogP contribution in [0, 0.1) is 0 Å². The van der Waals surface area contributed by atoms with Crippen LogP contribution in [0.15, 0.2) is 72.8 Å². The van der Waals surface area contributed by atoms with Gasteiger partial charge in [0.25, 0.3) is 0 Å².